The lowest BCUT2D eigenvalue weighted by Crippen LogP contribution is -2.06. The summed E-state index contributed by atoms with van der Waals surface area (Å²) in [6.07, 6.45) is 0.420. The Kier molecular flexibility index (Phi) is 5.24. The van der Waals surface area contributed by atoms with E-state index < -0.39 is 0 Å². The molecule has 0 heterocycles. The van der Waals surface area contributed by atoms with Crippen LogP contribution in [0.5, 0.6) is 5.75 Å². The Hall–Kier alpha value is -1.74. The molecule has 0 saturated carbocycles. The summed E-state index contributed by atoms with van der Waals surface area (Å²) >= 11 is 1.58. The number of ketones is 1. The van der Waals surface area contributed by atoms with Crippen molar-refractivity contribution in [2.75, 3.05) is 12.9 Å². The largest absolute Gasteiger partial charge is 0.496 e. The molecule has 0 aliphatic carbocycles. The zero-order valence-electron chi connectivity index (χ0n) is 11.8. The molecule has 0 bridgehead atoms. The zero-order valence-corrected chi connectivity index (χ0v) is 12.6. The van der Waals surface area contributed by atoms with Gasteiger partial charge in [-0.3, -0.25) is 4.79 Å². The molecule has 0 saturated heterocycles. The molecule has 2 aromatic rings. The van der Waals surface area contributed by atoms with E-state index in [0.717, 1.165) is 16.2 Å². The lowest BCUT2D eigenvalue weighted by molar-refractivity contribution is -0.116. The molecule has 0 atom stereocenters. The molecule has 2 rings (SSSR count). The SMILES string of the molecule is COc1ccccc1CC(=O)CSc1ccc(C)cc1. The van der Waals surface area contributed by atoms with Crippen LogP contribution in [-0.4, -0.2) is 18.6 Å². The summed E-state index contributed by atoms with van der Waals surface area (Å²) in [4.78, 5) is 13.2. The van der Waals surface area contributed by atoms with E-state index in [1.165, 1.54) is 5.56 Å². The first-order valence-electron chi connectivity index (χ1n) is 6.52. The molecular formula is C17H18O2S. The van der Waals surface area contributed by atoms with Gasteiger partial charge in [0, 0.05) is 16.9 Å². The number of carbonyl (C=O) groups excluding carboxylic acids is 1. The molecule has 104 valence electrons. The smallest absolute Gasteiger partial charge is 0.147 e. The van der Waals surface area contributed by atoms with Crippen molar-refractivity contribution < 1.29 is 9.53 Å². The molecule has 0 aliphatic heterocycles. The quantitative estimate of drug-likeness (QED) is 0.753. The van der Waals surface area contributed by atoms with Gasteiger partial charge in [-0.15, -0.1) is 11.8 Å². The third-order valence-corrected chi connectivity index (χ3v) is 4.07. The lowest BCUT2D eigenvalue weighted by atomic mass is 10.1. The Balaban J connectivity index is 1.91. The minimum absolute atomic E-state index is 0.208. The maximum atomic E-state index is 12.0. The topological polar surface area (TPSA) is 26.3 Å². The predicted molar refractivity (Wildman–Crippen MR) is 83.6 cm³/mol. The van der Waals surface area contributed by atoms with Gasteiger partial charge in [-0.2, -0.15) is 0 Å². The van der Waals surface area contributed by atoms with E-state index in [1.807, 2.05) is 24.3 Å². The highest BCUT2D eigenvalue weighted by Gasteiger charge is 2.08. The van der Waals surface area contributed by atoms with Gasteiger partial charge in [0.2, 0.25) is 0 Å². The molecule has 0 fully saturated rings. The molecule has 0 aromatic heterocycles. The molecule has 0 amide bonds. The van der Waals surface area contributed by atoms with Gasteiger partial charge >= 0.3 is 0 Å². The van der Waals surface area contributed by atoms with Gasteiger partial charge in [0.25, 0.3) is 0 Å². The fourth-order valence-electron chi connectivity index (χ4n) is 1.91. The van der Waals surface area contributed by atoms with Crippen molar-refractivity contribution >= 4 is 17.5 Å². The summed E-state index contributed by atoms with van der Waals surface area (Å²) in [5.74, 6) is 1.47. The number of carbonyl (C=O) groups is 1. The zero-order chi connectivity index (χ0) is 14.4. The maximum absolute atomic E-state index is 12.0. The highest BCUT2D eigenvalue weighted by Crippen LogP contribution is 2.21. The van der Waals surface area contributed by atoms with Crippen LogP contribution in [0.3, 0.4) is 0 Å². The van der Waals surface area contributed by atoms with Gasteiger partial charge < -0.3 is 4.74 Å². The first-order valence-corrected chi connectivity index (χ1v) is 7.50. The molecule has 0 spiro atoms. The van der Waals surface area contributed by atoms with E-state index in [0.29, 0.717) is 12.2 Å². The molecule has 2 nitrogen and oxygen atoms in total. The van der Waals surface area contributed by atoms with Crippen molar-refractivity contribution in [1.29, 1.82) is 0 Å². The molecular weight excluding hydrogens is 268 g/mol. The normalized spacial score (nSPS) is 10.3. The van der Waals surface area contributed by atoms with Crippen LogP contribution in [0.15, 0.2) is 53.4 Å². The number of benzene rings is 2. The average Bonchev–Trinajstić information content (AvgIpc) is 2.47. The number of thioether (sulfide) groups is 1. The minimum atomic E-state index is 0.208. The lowest BCUT2D eigenvalue weighted by Gasteiger charge is -2.07. The van der Waals surface area contributed by atoms with E-state index in [2.05, 4.69) is 31.2 Å². The Morgan fingerprint density at radius 1 is 1.10 bits per heavy atom. The van der Waals surface area contributed by atoms with E-state index >= 15 is 0 Å². The number of aryl methyl sites for hydroxylation is 1. The third kappa shape index (κ3) is 4.14. The van der Waals surface area contributed by atoms with Gasteiger partial charge in [0.05, 0.1) is 12.9 Å². The van der Waals surface area contributed by atoms with Crippen LogP contribution in [-0.2, 0) is 11.2 Å². The van der Waals surface area contributed by atoms with Crippen LogP contribution in [0.25, 0.3) is 0 Å². The number of hydrogen-bond acceptors (Lipinski definition) is 3. The summed E-state index contributed by atoms with van der Waals surface area (Å²) in [6.45, 7) is 2.06. The maximum Gasteiger partial charge on any atom is 0.147 e. The Morgan fingerprint density at radius 3 is 2.50 bits per heavy atom. The second-order valence-corrected chi connectivity index (χ2v) is 5.68. The van der Waals surface area contributed by atoms with Gasteiger partial charge in [0.1, 0.15) is 11.5 Å². The van der Waals surface area contributed by atoms with Crippen molar-refractivity contribution in [3.05, 3.63) is 59.7 Å². The summed E-state index contributed by atoms with van der Waals surface area (Å²) in [5.41, 5.74) is 2.18. The second-order valence-electron chi connectivity index (χ2n) is 4.63. The summed E-state index contributed by atoms with van der Waals surface area (Å²) in [6, 6.07) is 15.9. The van der Waals surface area contributed by atoms with Crippen LogP contribution in [0, 0.1) is 6.92 Å². The van der Waals surface area contributed by atoms with Crippen LogP contribution in [0.4, 0.5) is 0 Å². The first-order chi connectivity index (χ1) is 9.69. The van der Waals surface area contributed by atoms with Crippen molar-refractivity contribution in [3.8, 4) is 5.75 Å². The van der Waals surface area contributed by atoms with E-state index in [4.69, 9.17) is 4.74 Å². The molecule has 0 aliphatic rings. The van der Waals surface area contributed by atoms with Crippen molar-refractivity contribution in [1.82, 2.24) is 0 Å². The van der Waals surface area contributed by atoms with E-state index in [-0.39, 0.29) is 5.78 Å². The molecule has 2 aromatic carbocycles. The number of methoxy groups -OCH3 is 1. The van der Waals surface area contributed by atoms with E-state index in [9.17, 15) is 4.79 Å². The third-order valence-electron chi connectivity index (χ3n) is 3.00. The van der Waals surface area contributed by atoms with Crippen LogP contribution >= 0.6 is 11.8 Å². The van der Waals surface area contributed by atoms with Crippen LogP contribution < -0.4 is 4.74 Å². The van der Waals surface area contributed by atoms with E-state index in [1.54, 1.807) is 18.9 Å². The Bertz CT molecular complexity index is 576. The van der Waals surface area contributed by atoms with Crippen LogP contribution in [0.1, 0.15) is 11.1 Å². The number of Topliss-reactive ketones (excluding diaryl/α,β-unsaturated/α-hetero) is 1. The number of para-hydroxylation sites is 1. The highest BCUT2D eigenvalue weighted by molar-refractivity contribution is 8.00. The fourth-order valence-corrected chi connectivity index (χ4v) is 2.67. The van der Waals surface area contributed by atoms with Crippen molar-refractivity contribution in [2.24, 2.45) is 0 Å². The van der Waals surface area contributed by atoms with Crippen molar-refractivity contribution in [2.45, 2.75) is 18.2 Å². The van der Waals surface area contributed by atoms with Gasteiger partial charge in [-0.25, -0.2) is 0 Å². The number of hydrogen-bond donors (Lipinski definition) is 0. The molecule has 20 heavy (non-hydrogen) atoms. The van der Waals surface area contributed by atoms with Gasteiger partial charge in [0.15, 0.2) is 0 Å². The molecule has 3 heteroatoms. The monoisotopic (exact) mass is 286 g/mol. The number of ether oxygens (including phenoxy) is 1. The molecule has 0 unspecified atom stereocenters. The predicted octanol–water partition coefficient (Wildman–Crippen LogP) is 3.91. The summed E-state index contributed by atoms with van der Waals surface area (Å²) < 4.78 is 5.26. The summed E-state index contributed by atoms with van der Waals surface area (Å²) in [7, 11) is 1.63. The Morgan fingerprint density at radius 2 is 1.80 bits per heavy atom. The summed E-state index contributed by atoms with van der Waals surface area (Å²) in [5, 5.41) is 0. The standard InChI is InChI=1S/C17H18O2S/c1-13-7-9-16(10-8-13)20-12-15(18)11-14-5-3-4-6-17(14)19-2/h3-10H,11-12H2,1-2H3. The second kappa shape index (κ2) is 7.15. The first kappa shape index (κ1) is 14.7. The van der Waals surface area contributed by atoms with Gasteiger partial charge in [-0.05, 0) is 25.1 Å². The Labute approximate surface area is 124 Å². The number of rotatable bonds is 6. The average molecular weight is 286 g/mol. The van der Waals surface area contributed by atoms with Gasteiger partial charge in [-0.1, -0.05) is 35.9 Å². The minimum Gasteiger partial charge on any atom is -0.496 e. The van der Waals surface area contributed by atoms with Crippen LogP contribution in [0.2, 0.25) is 0 Å². The highest BCUT2D eigenvalue weighted by atomic mass is 32.2. The molecule has 0 radical (unpaired) electrons. The van der Waals surface area contributed by atoms with Crippen molar-refractivity contribution in [3.63, 3.8) is 0 Å². The fraction of sp³-hybridized carbons (Fsp3) is 0.235. The molecule has 0 N–H and O–H groups in total.